The smallest absolute Gasteiger partial charge is 0.178 e. The molecule has 0 saturated carbocycles. The van der Waals surface area contributed by atoms with Gasteiger partial charge < -0.3 is 0 Å². The normalized spacial score (nSPS) is 11.4. The maximum absolute atomic E-state index is 11.3. The molecule has 1 aromatic carbocycles. The highest BCUT2D eigenvalue weighted by Gasteiger charge is 2.11. The molecule has 0 amide bonds. The topological polar surface area (TPSA) is 69.0 Å². The average Bonchev–Trinajstić information content (AvgIpc) is 2.77. The summed E-state index contributed by atoms with van der Waals surface area (Å²) < 4.78 is 24.7. The Morgan fingerprint density at radius 1 is 1.39 bits per heavy atom. The molecule has 5 nitrogen and oxygen atoms in total. The lowest BCUT2D eigenvalue weighted by molar-refractivity contribution is 0.112. The predicted molar refractivity (Wildman–Crippen MR) is 69.8 cm³/mol. The number of carbonyl (C=O) groups excluding carboxylic acids is 1. The number of aromatic nitrogens is 2. The van der Waals surface area contributed by atoms with Crippen LogP contribution in [0.1, 0.15) is 10.4 Å². The fourth-order valence-corrected chi connectivity index (χ4v) is 2.38. The number of carbonyl (C=O) groups is 1. The molecule has 1 aromatic heterocycles. The van der Waals surface area contributed by atoms with Crippen LogP contribution in [0.2, 0.25) is 0 Å². The Morgan fingerprint density at radius 3 is 2.61 bits per heavy atom. The molecule has 7 heteroatoms. The quantitative estimate of drug-likeness (QED) is 0.806. The maximum Gasteiger partial charge on any atom is 0.178 e. The lowest BCUT2D eigenvalue weighted by Gasteiger charge is -2.03. The standard InChI is InChI=1S/C11H9BrN2O3S/c1-18(16,17)10-5-13-14(6-10)9-3-2-8(7-15)11(12)4-9/h2-7H,1H3. The minimum absolute atomic E-state index is 0.151. The molecule has 0 saturated heterocycles. The largest absolute Gasteiger partial charge is 0.298 e. The Kier molecular flexibility index (Phi) is 3.36. The molecule has 0 fully saturated rings. The van der Waals surface area contributed by atoms with Gasteiger partial charge in [0.15, 0.2) is 16.1 Å². The summed E-state index contributed by atoms with van der Waals surface area (Å²) in [6.07, 6.45) is 4.58. The Labute approximate surface area is 112 Å². The van der Waals surface area contributed by atoms with Crippen molar-refractivity contribution in [3.8, 4) is 5.69 Å². The van der Waals surface area contributed by atoms with E-state index < -0.39 is 9.84 Å². The molecule has 94 valence electrons. The van der Waals surface area contributed by atoms with Gasteiger partial charge in [-0.15, -0.1) is 0 Å². The van der Waals surface area contributed by atoms with Gasteiger partial charge in [-0.2, -0.15) is 5.10 Å². The van der Waals surface area contributed by atoms with Crippen LogP contribution in [0.15, 0.2) is 40.0 Å². The van der Waals surface area contributed by atoms with Crippen molar-refractivity contribution in [2.24, 2.45) is 0 Å². The Hall–Kier alpha value is -1.47. The van der Waals surface area contributed by atoms with E-state index >= 15 is 0 Å². The second-order valence-corrected chi connectivity index (χ2v) is 6.59. The summed E-state index contributed by atoms with van der Waals surface area (Å²) in [6, 6.07) is 5.02. The van der Waals surface area contributed by atoms with Crippen molar-refractivity contribution in [3.05, 3.63) is 40.6 Å². The van der Waals surface area contributed by atoms with E-state index in [0.29, 0.717) is 15.7 Å². The third-order valence-corrected chi connectivity index (χ3v) is 4.12. The van der Waals surface area contributed by atoms with Crippen molar-refractivity contribution in [1.29, 1.82) is 0 Å². The highest BCUT2D eigenvalue weighted by Crippen LogP contribution is 2.20. The maximum atomic E-state index is 11.3. The van der Waals surface area contributed by atoms with Crippen LogP contribution < -0.4 is 0 Å². The third-order valence-electron chi connectivity index (χ3n) is 2.36. The molecular formula is C11H9BrN2O3S. The summed E-state index contributed by atoms with van der Waals surface area (Å²) in [4.78, 5) is 10.8. The van der Waals surface area contributed by atoms with Crippen LogP contribution in [0.5, 0.6) is 0 Å². The van der Waals surface area contributed by atoms with Crippen molar-refractivity contribution in [2.75, 3.05) is 6.26 Å². The van der Waals surface area contributed by atoms with Gasteiger partial charge in [-0.1, -0.05) is 0 Å². The molecule has 0 aliphatic rings. The van der Waals surface area contributed by atoms with Gasteiger partial charge in [0.1, 0.15) is 4.90 Å². The van der Waals surface area contributed by atoms with Crippen molar-refractivity contribution in [3.63, 3.8) is 0 Å². The molecule has 0 atom stereocenters. The molecule has 1 heterocycles. The van der Waals surface area contributed by atoms with Gasteiger partial charge >= 0.3 is 0 Å². The van der Waals surface area contributed by atoms with Crippen LogP contribution >= 0.6 is 15.9 Å². The van der Waals surface area contributed by atoms with Crippen LogP contribution in [-0.4, -0.2) is 30.7 Å². The average molecular weight is 329 g/mol. The lowest BCUT2D eigenvalue weighted by atomic mass is 10.2. The highest BCUT2D eigenvalue weighted by molar-refractivity contribution is 9.10. The zero-order chi connectivity index (χ0) is 13.3. The van der Waals surface area contributed by atoms with Crippen LogP contribution in [0, 0.1) is 0 Å². The molecule has 0 unspecified atom stereocenters. The minimum atomic E-state index is -3.26. The summed E-state index contributed by atoms with van der Waals surface area (Å²) in [5, 5.41) is 3.98. The zero-order valence-corrected chi connectivity index (χ0v) is 11.8. The summed E-state index contributed by atoms with van der Waals surface area (Å²) >= 11 is 3.26. The SMILES string of the molecule is CS(=O)(=O)c1cnn(-c2ccc(C=O)c(Br)c2)c1. The predicted octanol–water partition coefficient (Wildman–Crippen LogP) is 1.85. The van der Waals surface area contributed by atoms with Gasteiger partial charge in [0.25, 0.3) is 0 Å². The Balaban J connectivity index is 2.47. The summed E-state index contributed by atoms with van der Waals surface area (Å²) in [5.74, 6) is 0. The van der Waals surface area contributed by atoms with E-state index in [1.54, 1.807) is 18.2 Å². The van der Waals surface area contributed by atoms with E-state index in [2.05, 4.69) is 21.0 Å². The van der Waals surface area contributed by atoms with Crippen LogP contribution in [0.25, 0.3) is 5.69 Å². The van der Waals surface area contributed by atoms with Crippen molar-refractivity contribution in [2.45, 2.75) is 4.90 Å². The zero-order valence-electron chi connectivity index (χ0n) is 9.37. The second kappa shape index (κ2) is 4.66. The molecule has 0 bridgehead atoms. The van der Waals surface area contributed by atoms with E-state index in [1.807, 2.05) is 0 Å². The van der Waals surface area contributed by atoms with E-state index in [9.17, 15) is 13.2 Å². The van der Waals surface area contributed by atoms with Crippen molar-refractivity contribution in [1.82, 2.24) is 9.78 Å². The monoisotopic (exact) mass is 328 g/mol. The molecule has 18 heavy (non-hydrogen) atoms. The van der Waals surface area contributed by atoms with Crippen LogP contribution in [0.4, 0.5) is 0 Å². The van der Waals surface area contributed by atoms with E-state index in [0.717, 1.165) is 12.5 Å². The molecule has 0 N–H and O–H groups in total. The molecule has 2 aromatic rings. The number of sulfone groups is 1. The van der Waals surface area contributed by atoms with Gasteiger partial charge in [0.05, 0.1) is 11.9 Å². The number of hydrogen-bond donors (Lipinski definition) is 0. The number of benzene rings is 1. The number of halogens is 1. The summed E-state index contributed by atoms with van der Waals surface area (Å²) in [6.45, 7) is 0. The highest BCUT2D eigenvalue weighted by atomic mass is 79.9. The molecule has 0 spiro atoms. The molecule has 0 aliphatic heterocycles. The first kappa shape index (κ1) is 13.0. The van der Waals surface area contributed by atoms with Crippen molar-refractivity contribution >= 4 is 32.1 Å². The number of hydrogen-bond acceptors (Lipinski definition) is 4. The summed E-state index contributed by atoms with van der Waals surface area (Å²) in [7, 11) is -3.26. The second-order valence-electron chi connectivity index (χ2n) is 3.72. The minimum Gasteiger partial charge on any atom is -0.298 e. The molecule has 0 radical (unpaired) electrons. The van der Waals surface area contributed by atoms with E-state index in [-0.39, 0.29) is 4.90 Å². The van der Waals surface area contributed by atoms with Gasteiger partial charge in [-0.05, 0) is 34.1 Å². The number of nitrogens with zero attached hydrogens (tertiary/aromatic N) is 2. The molecule has 0 aliphatic carbocycles. The van der Waals surface area contributed by atoms with E-state index in [1.165, 1.54) is 17.1 Å². The first-order valence-electron chi connectivity index (χ1n) is 4.91. The van der Waals surface area contributed by atoms with Gasteiger partial charge in [-0.25, -0.2) is 13.1 Å². The fourth-order valence-electron chi connectivity index (χ4n) is 1.39. The molecule has 2 rings (SSSR count). The van der Waals surface area contributed by atoms with E-state index in [4.69, 9.17) is 0 Å². The Bertz CT molecular complexity index is 707. The summed E-state index contributed by atoms with van der Waals surface area (Å²) in [5.41, 5.74) is 1.19. The number of rotatable bonds is 3. The number of aldehydes is 1. The molecular weight excluding hydrogens is 320 g/mol. The first-order valence-corrected chi connectivity index (χ1v) is 7.60. The lowest BCUT2D eigenvalue weighted by Crippen LogP contribution is -1.97. The van der Waals surface area contributed by atoms with Crippen molar-refractivity contribution < 1.29 is 13.2 Å². The first-order chi connectivity index (χ1) is 8.41. The van der Waals surface area contributed by atoms with Gasteiger partial charge in [0.2, 0.25) is 0 Å². The Morgan fingerprint density at radius 2 is 2.11 bits per heavy atom. The fraction of sp³-hybridized carbons (Fsp3) is 0.0909. The van der Waals surface area contributed by atoms with Gasteiger partial charge in [-0.3, -0.25) is 4.79 Å². The third kappa shape index (κ3) is 2.51. The van der Waals surface area contributed by atoms with Gasteiger partial charge in [0, 0.05) is 22.5 Å². The van der Waals surface area contributed by atoms with Crippen LogP contribution in [0.3, 0.4) is 0 Å². The van der Waals surface area contributed by atoms with Crippen LogP contribution in [-0.2, 0) is 9.84 Å².